The Labute approximate surface area is 103 Å². The maximum atomic E-state index is 5.77. The molecule has 4 heteroatoms. The molecule has 0 bridgehead atoms. The number of alkyl halides is 1. The van der Waals surface area contributed by atoms with Gasteiger partial charge in [-0.05, 0) is 44.5 Å². The summed E-state index contributed by atoms with van der Waals surface area (Å²) >= 11 is 7.72. The average molecular weight is 251 g/mol. The number of thioether (sulfide) groups is 1. The first-order valence-corrected chi connectivity index (χ1v) is 7.79. The molecule has 0 aliphatic carbocycles. The molecule has 0 spiro atoms. The van der Waals surface area contributed by atoms with Crippen molar-refractivity contribution < 1.29 is 0 Å². The van der Waals surface area contributed by atoms with Crippen LogP contribution >= 0.6 is 23.4 Å². The minimum atomic E-state index is 0.770. The summed E-state index contributed by atoms with van der Waals surface area (Å²) < 4.78 is 0. The van der Waals surface area contributed by atoms with Gasteiger partial charge in [0.1, 0.15) is 0 Å². The third-order valence-electron chi connectivity index (χ3n) is 2.90. The van der Waals surface area contributed by atoms with Crippen LogP contribution in [0.3, 0.4) is 0 Å². The van der Waals surface area contributed by atoms with E-state index in [9.17, 15) is 0 Å². The SMILES string of the molecule is CSCCCN1CCCN(CCCl)CC1. The van der Waals surface area contributed by atoms with Crippen LogP contribution in [0.1, 0.15) is 12.8 Å². The smallest absolute Gasteiger partial charge is 0.0351 e. The quantitative estimate of drug-likeness (QED) is 0.526. The maximum Gasteiger partial charge on any atom is 0.0351 e. The summed E-state index contributed by atoms with van der Waals surface area (Å²) in [6.45, 7) is 7.26. The second-order valence-electron chi connectivity index (χ2n) is 4.07. The van der Waals surface area contributed by atoms with Gasteiger partial charge in [0.05, 0.1) is 0 Å². The number of halogens is 1. The normalized spacial score (nSPS) is 20.4. The topological polar surface area (TPSA) is 6.48 Å². The van der Waals surface area contributed by atoms with E-state index < -0.39 is 0 Å². The summed E-state index contributed by atoms with van der Waals surface area (Å²) in [5.41, 5.74) is 0. The van der Waals surface area contributed by atoms with E-state index in [0.29, 0.717) is 0 Å². The van der Waals surface area contributed by atoms with Crippen molar-refractivity contribution in [3.8, 4) is 0 Å². The fourth-order valence-electron chi connectivity index (χ4n) is 2.02. The Morgan fingerprint density at radius 1 is 1.07 bits per heavy atom. The van der Waals surface area contributed by atoms with E-state index in [1.54, 1.807) is 0 Å². The lowest BCUT2D eigenvalue weighted by atomic mass is 10.3. The predicted molar refractivity (Wildman–Crippen MR) is 71.2 cm³/mol. The van der Waals surface area contributed by atoms with Gasteiger partial charge in [0.2, 0.25) is 0 Å². The zero-order chi connectivity index (χ0) is 10.9. The van der Waals surface area contributed by atoms with Gasteiger partial charge in [-0.25, -0.2) is 0 Å². The second kappa shape index (κ2) is 8.68. The van der Waals surface area contributed by atoms with Crippen LogP contribution in [-0.2, 0) is 0 Å². The number of hydrogen-bond donors (Lipinski definition) is 0. The standard InChI is InChI=1S/C11H23ClN2S/c1-15-11-3-7-13-5-2-6-14(8-4-12)10-9-13/h2-11H2,1H3. The highest BCUT2D eigenvalue weighted by molar-refractivity contribution is 7.98. The van der Waals surface area contributed by atoms with Crippen LogP contribution in [0.4, 0.5) is 0 Å². The van der Waals surface area contributed by atoms with E-state index in [2.05, 4.69) is 16.1 Å². The van der Waals surface area contributed by atoms with Crippen molar-refractivity contribution in [2.24, 2.45) is 0 Å². The largest absolute Gasteiger partial charge is 0.302 e. The molecule has 0 unspecified atom stereocenters. The minimum Gasteiger partial charge on any atom is -0.302 e. The molecule has 1 aliphatic heterocycles. The highest BCUT2D eigenvalue weighted by atomic mass is 35.5. The molecule has 1 saturated heterocycles. The van der Waals surface area contributed by atoms with E-state index in [4.69, 9.17) is 11.6 Å². The molecule has 90 valence electrons. The second-order valence-corrected chi connectivity index (χ2v) is 5.44. The molecule has 1 heterocycles. The van der Waals surface area contributed by atoms with Gasteiger partial charge < -0.3 is 9.80 Å². The third-order valence-corrected chi connectivity index (χ3v) is 3.77. The van der Waals surface area contributed by atoms with Crippen LogP contribution < -0.4 is 0 Å². The maximum absolute atomic E-state index is 5.77. The van der Waals surface area contributed by atoms with Gasteiger partial charge in [-0.1, -0.05) is 0 Å². The molecular weight excluding hydrogens is 228 g/mol. The summed E-state index contributed by atoms with van der Waals surface area (Å²) in [5, 5.41) is 0. The van der Waals surface area contributed by atoms with Crippen molar-refractivity contribution >= 4 is 23.4 Å². The molecule has 15 heavy (non-hydrogen) atoms. The van der Waals surface area contributed by atoms with Crippen molar-refractivity contribution in [1.82, 2.24) is 9.80 Å². The zero-order valence-corrected chi connectivity index (χ0v) is 11.3. The highest BCUT2D eigenvalue weighted by Crippen LogP contribution is 2.05. The van der Waals surface area contributed by atoms with Crippen molar-refractivity contribution in [2.75, 3.05) is 57.2 Å². The summed E-state index contributed by atoms with van der Waals surface area (Å²) in [4.78, 5) is 5.09. The Morgan fingerprint density at radius 3 is 2.33 bits per heavy atom. The fraction of sp³-hybridized carbons (Fsp3) is 1.00. The molecule has 1 aliphatic rings. The molecule has 0 aromatic carbocycles. The van der Waals surface area contributed by atoms with E-state index in [0.717, 1.165) is 12.4 Å². The van der Waals surface area contributed by atoms with E-state index in [-0.39, 0.29) is 0 Å². The van der Waals surface area contributed by atoms with Crippen LogP contribution in [0.15, 0.2) is 0 Å². The highest BCUT2D eigenvalue weighted by Gasteiger charge is 2.13. The predicted octanol–water partition coefficient (Wildman–Crippen LogP) is 1.99. The molecule has 0 saturated carbocycles. The summed E-state index contributed by atoms with van der Waals surface area (Å²) in [6.07, 6.45) is 4.82. The van der Waals surface area contributed by atoms with Gasteiger partial charge in [-0.2, -0.15) is 11.8 Å². The lowest BCUT2D eigenvalue weighted by Crippen LogP contribution is -2.32. The summed E-state index contributed by atoms with van der Waals surface area (Å²) in [7, 11) is 0. The van der Waals surface area contributed by atoms with Gasteiger partial charge in [-0.3, -0.25) is 0 Å². The van der Waals surface area contributed by atoms with E-state index in [1.807, 2.05) is 11.8 Å². The van der Waals surface area contributed by atoms with Crippen molar-refractivity contribution in [3.05, 3.63) is 0 Å². The van der Waals surface area contributed by atoms with Crippen LogP contribution in [0.2, 0.25) is 0 Å². The lowest BCUT2D eigenvalue weighted by molar-refractivity contribution is 0.264. The molecule has 0 aromatic rings. The number of nitrogens with zero attached hydrogens (tertiary/aromatic N) is 2. The Balaban J connectivity index is 2.14. The van der Waals surface area contributed by atoms with Crippen LogP contribution in [0, 0.1) is 0 Å². The molecule has 0 N–H and O–H groups in total. The molecular formula is C11H23ClN2S. The van der Waals surface area contributed by atoms with Crippen molar-refractivity contribution in [3.63, 3.8) is 0 Å². The van der Waals surface area contributed by atoms with Crippen LogP contribution in [0.25, 0.3) is 0 Å². The van der Waals surface area contributed by atoms with Gasteiger partial charge in [-0.15, -0.1) is 11.6 Å². The first kappa shape index (κ1) is 13.6. The molecule has 1 fully saturated rings. The van der Waals surface area contributed by atoms with Crippen molar-refractivity contribution in [1.29, 1.82) is 0 Å². The van der Waals surface area contributed by atoms with Gasteiger partial charge in [0.25, 0.3) is 0 Å². The zero-order valence-electron chi connectivity index (χ0n) is 9.75. The first-order chi connectivity index (χ1) is 7.36. The summed E-state index contributed by atoms with van der Waals surface area (Å²) in [6, 6.07) is 0. The van der Waals surface area contributed by atoms with E-state index >= 15 is 0 Å². The monoisotopic (exact) mass is 250 g/mol. The number of hydrogen-bond acceptors (Lipinski definition) is 3. The Morgan fingerprint density at radius 2 is 1.73 bits per heavy atom. The molecule has 2 nitrogen and oxygen atoms in total. The van der Waals surface area contributed by atoms with Crippen LogP contribution in [-0.4, -0.2) is 67.0 Å². The van der Waals surface area contributed by atoms with Crippen LogP contribution in [0.5, 0.6) is 0 Å². The Bertz CT molecular complexity index is 158. The average Bonchev–Trinajstić information content (AvgIpc) is 2.45. The van der Waals surface area contributed by atoms with E-state index in [1.165, 1.54) is 51.3 Å². The molecule has 0 aromatic heterocycles. The molecule has 0 atom stereocenters. The number of rotatable bonds is 6. The van der Waals surface area contributed by atoms with Gasteiger partial charge in [0.15, 0.2) is 0 Å². The third kappa shape index (κ3) is 6.00. The minimum absolute atomic E-state index is 0.770. The molecule has 1 rings (SSSR count). The Kier molecular flexibility index (Phi) is 7.89. The molecule has 0 amide bonds. The van der Waals surface area contributed by atoms with Crippen molar-refractivity contribution in [2.45, 2.75) is 12.8 Å². The van der Waals surface area contributed by atoms with Gasteiger partial charge >= 0.3 is 0 Å². The molecule has 0 radical (unpaired) electrons. The van der Waals surface area contributed by atoms with Gasteiger partial charge in [0, 0.05) is 25.5 Å². The summed E-state index contributed by atoms with van der Waals surface area (Å²) in [5.74, 6) is 2.06. The fourth-order valence-corrected chi connectivity index (χ4v) is 2.68. The Hall–Kier alpha value is 0.560. The lowest BCUT2D eigenvalue weighted by Gasteiger charge is -2.20. The first-order valence-electron chi connectivity index (χ1n) is 5.86.